The SMILES string of the molecule is CC(=O)Nc1cc(NC(=O)/C=C/c2cc(Cl)cc(Cl)c2)ccc1F. The minimum Gasteiger partial charge on any atom is -0.324 e. The Morgan fingerprint density at radius 2 is 1.71 bits per heavy atom. The fourth-order valence-corrected chi connectivity index (χ4v) is 2.46. The number of hydrogen-bond acceptors (Lipinski definition) is 2. The Bertz CT molecular complexity index is 802. The maximum absolute atomic E-state index is 13.5. The number of hydrogen-bond donors (Lipinski definition) is 2. The fourth-order valence-electron chi connectivity index (χ4n) is 1.92. The number of carbonyl (C=O) groups is 2. The zero-order chi connectivity index (χ0) is 17.7. The van der Waals surface area contributed by atoms with Crippen LogP contribution in [-0.4, -0.2) is 11.8 Å². The second kappa shape index (κ2) is 7.95. The molecule has 2 aromatic rings. The van der Waals surface area contributed by atoms with Gasteiger partial charge in [0.15, 0.2) is 0 Å². The number of nitrogens with one attached hydrogen (secondary N) is 2. The van der Waals surface area contributed by atoms with Gasteiger partial charge in [-0.1, -0.05) is 23.2 Å². The van der Waals surface area contributed by atoms with Gasteiger partial charge in [0.05, 0.1) is 5.69 Å². The van der Waals surface area contributed by atoms with Crippen LogP contribution in [0.3, 0.4) is 0 Å². The number of benzene rings is 2. The minimum absolute atomic E-state index is 0.00842. The molecule has 0 saturated heterocycles. The normalized spacial score (nSPS) is 10.7. The molecule has 0 fully saturated rings. The van der Waals surface area contributed by atoms with Crippen molar-refractivity contribution in [3.63, 3.8) is 0 Å². The van der Waals surface area contributed by atoms with Crippen molar-refractivity contribution in [2.45, 2.75) is 6.92 Å². The standard InChI is InChI=1S/C17H13Cl2FN2O2/c1-10(23)21-16-9-14(3-4-15(16)20)22-17(24)5-2-11-6-12(18)8-13(19)7-11/h2-9H,1H3,(H,21,23)(H,22,24)/b5-2+. The topological polar surface area (TPSA) is 58.2 Å². The molecule has 0 heterocycles. The second-order valence-electron chi connectivity index (χ2n) is 4.90. The molecule has 0 atom stereocenters. The molecule has 0 unspecified atom stereocenters. The average molecular weight is 367 g/mol. The van der Waals surface area contributed by atoms with Crippen molar-refractivity contribution in [1.82, 2.24) is 0 Å². The predicted molar refractivity (Wildman–Crippen MR) is 94.8 cm³/mol. The summed E-state index contributed by atoms with van der Waals surface area (Å²) >= 11 is 11.8. The smallest absolute Gasteiger partial charge is 0.248 e. The van der Waals surface area contributed by atoms with Gasteiger partial charge in [-0.3, -0.25) is 9.59 Å². The first-order valence-electron chi connectivity index (χ1n) is 6.86. The lowest BCUT2D eigenvalue weighted by Crippen LogP contribution is -2.10. The van der Waals surface area contributed by atoms with Crippen LogP contribution in [0.4, 0.5) is 15.8 Å². The van der Waals surface area contributed by atoms with Crippen LogP contribution >= 0.6 is 23.2 Å². The third-order valence-electron chi connectivity index (χ3n) is 2.86. The lowest BCUT2D eigenvalue weighted by Gasteiger charge is -2.07. The highest BCUT2D eigenvalue weighted by molar-refractivity contribution is 6.34. The van der Waals surface area contributed by atoms with Gasteiger partial charge in [0.2, 0.25) is 11.8 Å². The van der Waals surface area contributed by atoms with Crippen molar-refractivity contribution in [3.8, 4) is 0 Å². The van der Waals surface area contributed by atoms with E-state index in [9.17, 15) is 14.0 Å². The molecule has 2 aromatic carbocycles. The molecule has 0 aromatic heterocycles. The first-order chi connectivity index (χ1) is 11.3. The minimum atomic E-state index is -0.590. The summed E-state index contributed by atoms with van der Waals surface area (Å²) in [5, 5.41) is 5.84. The van der Waals surface area contributed by atoms with E-state index in [-0.39, 0.29) is 5.69 Å². The molecule has 124 valence electrons. The van der Waals surface area contributed by atoms with Gasteiger partial charge in [0.1, 0.15) is 5.82 Å². The summed E-state index contributed by atoms with van der Waals surface area (Å²) in [6.07, 6.45) is 2.84. The Kier molecular flexibility index (Phi) is 5.95. The van der Waals surface area contributed by atoms with Gasteiger partial charge in [0.25, 0.3) is 0 Å². The van der Waals surface area contributed by atoms with Crippen LogP contribution in [0.25, 0.3) is 6.08 Å². The lowest BCUT2D eigenvalue weighted by atomic mass is 10.2. The Morgan fingerprint density at radius 1 is 1.04 bits per heavy atom. The van der Waals surface area contributed by atoms with Crippen molar-refractivity contribution >= 4 is 52.5 Å². The summed E-state index contributed by atoms with van der Waals surface area (Å²) < 4.78 is 13.5. The molecule has 4 nitrogen and oxygen atoms in total. The van der Waals surface area contributed by atoms with E-state index in [1.165, 1.54) is 25.1 Å². The molecule has 0 bridgehead atoms. The summed E-state index contributed by atoms with van der Waals surface area (Å²) in [4.78, 5) is 22.9. The zero-order valence-corrected chi connectivity index (χ0v) is 14.1. The molecular weight excluding hydrogens is 354 g/mol. The van der Waals surface area contributed by atoms with Crippen LogP contribution in [0.5, 0.6) is 0 Å². The first-order valence-corrected chi connectivity index (χ1v) is 7.61. The Morgan fingerprint density at radius 3 is 2.33 bits per heavy atom. The van der Waals surface area contributed by atoms with Crippen molar-refractivity contribution in [2.75, 3.05) is 10.6 Å². The summed E-state index contributed by atoms with van der Waals surface area (Å²) in [6, 6.07) is 8.78. The van der Waals surface area contributed by atoms with Gasteiger partial charge in [-0.05, 0) is 48.0 Å². The quantitative estimate of drug-likeness (QED) is 0.767. The van der Waals surface area contributed by atoms with Crippen molar-refractivity contribution in [2.24, 2.45) is 0 Å². The molecule has 7 heteroatoms. The third kappa shape index (κ3) is 5.37. The maximum atomic E-state index is 13.5. The van der Waals surface area contributed by atoms with Gasteiger partial charge in [0, 0.05) is 28.7 Å². The molecule has 0 saturated carbocycles. The Hall–Kier alpha value is -2.37. The van der Waals surface area contributed by atoms with Crippen LogP contribution in [0, 0.1) is 5.82 Å². The highest BCUT2D eigenvalue weighted by atomic mass is 35.5. The molecule has 0 aliphatic rings. The largest absolute Gasteiger partial charge is 0.324 e. The third-order valence-corrected chi connectivity index (χ3v) is 3.29. The van der Waals surface area contributed by atoms with Gasteiger partial charge in [-0.15, -0.1) is 0 Å². The van der Waals surface area contributed by atoms with Gasteiger partial charge < -0.3 is 10.6 Å². The monoisotopic (exact) mass is 366 g/mol. The van der Waals surface area contributed by atoms with E-state index in [1.807, 2.05) is 0 Å². The highest BCUT2D eigenvalue weighted by Gasteiger charge is 2.06. The Balaban J connectivity index is 2.09. The van der Waals surface area contributed by atoms with Crippen LogP contribution in [0.15, 0.2) is 42.5 Å². The van der Waals surface area contributed by atoms with Gasteiger partial charge >= 0.3 is 0 Å². The molecule has 2 rings (SSSR count). The number of halogens is 3. The first kappa shape index (κ1) is 18.0. The van der Waals surface area contributed by atoms with E-state index in [1.54, 1.807) is 24.3 Å². The average Bonchev–Trinajstić information content (AvgIpc) is 2.47. The predicted octanol–water partition coefficient (Wildman–Crippen LogP) is 4.74. The van der Waals surface area contributed by atoms with E-state index in [0.717, 1.165) is 6.07 Å². The highest BCUT2D eigenvalue weighted by Crippen LogP contribution is 2.21. The van der Waals surface area contributed by atoms with Crippen LogP contribution in [0.2, 0.25) is 10.0 Å². The van der Waals surface area contributed by atoms with E-state index >= 15 is 0 Å². The molecule has 24 heavy (non-hydrogen) atoms. The summed E-state index contributed by atoms with van der Waals surface area (Å²) in [5.74, 6) is -1.42. The molecule has 0 spiro atoms. The van der Waals surface area contributed by atoms with Crippen molar-refractivity contribution < 1.29 is 14.0 Å². The van der Waals surface area contributed by atoms with Gasteiger partial charge in [-0.2, -0.15) is 0 Å². The molecule has 0 aliphatic carbocycles. The molecule has 0 aliphatic heterocycles. The number of carbonyl (C=O) groups excluding carboxylic acids is 2. The summed E-state index contributed by atoms with van der Waals surface area (Å²) in [6.45, 7) is 1.27. The molecule has 2 N–H and O–H groups in total. The van der Waals surface area contributed by atoms with Crippen LogP contribution < -0.4 is 10.6 Å². The zero-order valence-electron chi connectivity index (χ0n) is 12.6. The number of amides is 2. The second-order valence-corrected chi connectivity index (χ2v) is 5.77. The van der Waals surface area contributed by atoms with E-state index in [0.29, 0.717) is 21.3 Å². The summed E-state index contributed by atoms with van der Waals surface area (Å²) in [5.41, 5.74) is 1.01. The molecular formula is C17H13Cl2FN2O2. The fraction of sp³-hybridized carbons (Fsp3) is 0.0588. The van der Waals surface area contributed by atoms with Crippen LogP contribution in [0.1, 0.15) is 12.5 Å². The van der Waals surface area contributed by atoms with Gasteiger partial charge in [-0.25, -0.2) is 4.39 Å². The van der Waals surface area contributed by atoms with E-state index < -0.39 is 17.6 Å². The Labute approximate surface area is 148 Å². The van der Waals surface area contributed by atoms with Crippen molar-refractivity contribution in [1.29, 1.82) is 0 Å². The van der Waals surface area contributed by atoms with E-state index in [4.69, 9.17) is 23.2 Å². The molecule has 2 amide bonds. The number of anilines is 2. The summed E-state index contributed by atoms with van der Waals surface area (Å²) in [7, 11) is 0. The number of rotatable bonds is 4. The molecule has 0 radical (unpaired) electrons. The van der Waals surface area contributed by atoms with Crippen LogP contribution in [-0.2, 0) is 9.59 Å². The maximum Gasteiger partial charge on any atom is 0.248 e. The van der Waals surface area contributed by atoms with Crippen molar-refractivity contribution in [3.05, 3.63) is 63.9 Å². The van der Waals surface area contributed by atoms with E-state index in [2.05, 4.69) is 10.6 Å². The lowest BCUT2D eigenvalue weighted by molar-refractivity contribution is -0.114.